The Hall–Kier alpha value is -2.43. The summed E-state index contributed by atoms with van der Waals surface area (Å²) in [5.41, 5.74) is 1.97. The van der Waals surface area contributed by atoms with Gasteiger partial charge in [0.2, 0.25) is 5.78 Å². The summed E-state index contributed by atoms with van der Waals surface area (Å²) in [6.07, 6.45) is 11.0. The number of carbonyl (C=O) groups is 1. The summed E-state index contributed by atoms with van der Waals surface area (Å²) < 4.78 is 12.3. The number of nitrogens with zero attached hydrogens (tertiary/aromatic N) is 1. The molecule has 5 heteroatoms. The fraction of sp³-hybridized carbons (Fsp3) is 0.429. The van der Waals surface area contributed by atoms with Gasteiger partial charge in [-0.2, -0.15) is 0 Å². The van der Waals surface area contributed by atoms with Crippen LogP contribution in [0.3, 0.4) is 0 Å². The van der Waals surface area contributed by atoms with Crippen LogP contribution in [0, 0.1) is 5.92 Å². The van der Waals surface area contributed by atoms with Gasteiger partial charge >= 0.3 is 0 Å². The minimum absolute atomic E-state index is 0.0595. The lowest BCUT2D eigenvalue weighted by molar-refractivity contribution is -0.112. The number of carbonyl (C=O) groups excluding carboxylic acids is 1. The predicted octanol–water partition coefficient (Wildman–Crippen LogP) is 3.91. The van der Waals surface area contributed by atoms with Gasteiger partial charge in [-0.3, -0.25) is 14.2 Å². The van der Waals surface area contributed by atoms with E-state index in [0.717, 1.165) is 5.70 Å². The van der Waals surface area contributed by atoms with Crippen molar-refractivity contribution in [1.82, 2.24) is 10.6 Å². The van der Waals surface area contributed by atoms with Gasteiger partial charge in [-0.15, -0.1) is 0 Å². The maximum absolute atomic E-state index is 12.6. The molecule has 1 atom stereocenters. The minimum Gasteiger partial charge on any atom is -0.387 e. The highest BCUT2D eigenvalue weighted by molar-refractivity contribution is 6.09. The van der Waals surface area contributed by atoms with Crippen molar-refractivity contribution < 1.29 is 9.18 Å². The van der Waals surface area contributed by atoms with E-state index in [0.29, 0.717) is 37.3 Å². The second-order valence-electron chi connectivity index (χ2n) is 5.97. The van der Waals surface area contributed by atoms with Gasteiger partial charge in [0.05, 0.1) is 12.4 Å². The fourth-order valence-electron chi connectivity index (χ4n) is 1.91. The average molecular weight is 362 g/mol. The van der Waals surface area contributed by atoms with Crippen LogP contribution in [0.25, 0.3) is 0 Å². The Morgan fingerprint density at radius 1 is 1.31 bits per heavy atom. The molecule has 4 nitrogen and oxygen atoms in total. The van der Waals surface area contributed by atoms with E-state index < -0.39 is 0 Å². The van der Waals surface area contributed by atoms with E-state index >= 15 is 0 Å². The number of Topliss-reactive ketones (excluding diaryl/α,β-unsaturated/α-hetero) is 1. The van der Waals surface area contributed by atoms with Crippen molar-refractivity contribution in [1.29, 1.82) is 0 Å². The van der Waals surface area contributed by atoms with E-state index in [4.69, 9.17) is 0 Å². The Labute approximate surface area is 157 Å². The molecule has 0 heterocycles. The quantitative estimate of drug-likeness (QED) is 0.213. The van der Waals surface area contributed by atoms with Crippen molar-refractivity contribution in [2.24, 2.45) is 10.9 Å². The molecule has 0 fully saturated rings. The van der Waals surface area contributed by atoms with E-state index in [1.807, 2.05) is 26.8 Å². The Balaban J connectivity index is 4.67. The molecule has 0 aliphatic rings. The number of allylic oxidation sites excluding steroid dienone is 7. The van der Waals surface area contributed by atoms with Crippen LogP contribution in [0.15, 0.2) is 65.5 Å². The Bertz CT molecular complexity index is 574. The molecule has 0 aromatic rings. The summed E-state index contributed by atoms with van der Waals surface area (Å²) in [5, 5.41) is 6.24. The first kappa shape index (κ1) is 23.6. The first-order chi connectivity index (χ1) is 12.5. The molecule has 144 valence electrons. The first-order valence-electron chi connectivity index (χ1n) is 8.84. The number of aliphatic imine (C=N–C) groups is 1. The van der Waals surface area contributed by atoms with Crippen molar-refractivity contribution in [2.75, 3.05) is 26.3 Å². The molecule has 0 bridgehead atoms. The lowest BCUT2D eigenvalue weighted by Crippen LogP contribution is -2.29. The average Bonchev–Trinajstić information content (AvgIpc) is 2.62. The van der Waals surface area contributed by atoms with Gasteiger partial charge < -0.3 is 10.6 Å². The molecule has 0 saturated heterocycles. The number of hydrogen-bond acceptors (Lipinski definition) is 4. The molecular formula is C21H32FN3O. The monoisotopic (exact) mass is 361 g/mol. The molecule has 0 rings (SSSR count). The van der Waals surface area contributed by atoms with E-state index in [1.54, 1.807) is 30.5 Å². The Morgan fingerprint density at radius 2 is 2.00 bits per heavy atom. The summed E-state index contributed by atoms with van der Waals surface area (Å²) >= 11 is 0. The van der Waals surface area contributed by atoms with Crippen LogP contribution >= 0.6 is 0 Å². The van der Waals surface area contributed by atoms with Crippen LogP contribution < -0.4 is 10.6 Å². The topological polar surface area (TPSA) is 53.5 Å². The molecule has 0 aliphatic carbocycles. The lowest BCUT2D eigenvalue weighted by atomic mass is 10.1. The van der Waals surface area contributed by atoms with E-state index in [-0.39, 0.29) is 18.4 Å². The lowest BCUT2D eigenvalue weighted by Gasteiger charge is -2.11. The smallest absolute Gasteiger partial charge is 0.208 e. The van der Waals surface area contributed by atoms with E-state index in [2.05, 4.69) is 28.8 Å². The van der Waals surface area contributed by atoms with Crippen LogP contribution in [-0.2, 0) is 4.79 Å². The fourth-order valence-corrected chi connectivity index (χ4v) is 1.91. The number of hydrogen-bond donors (Lipinski definition) is 2. The largest absolute Gasteiger partial charge is 0.387 e. The maximum atomic E-state index is 12.6. The molecule has 0 aliphatic heterocycles. The first-order valence-corrected chi connectivity index (χ1v) is 8.84. The maximum Gasteiger partial charge on any atom is 0.208 e. The number of alkyl halides is 1. The highest BCUT2D eigenvalue weighted by atomic mass is 19.1. The van der Waals surface area contributed by atoms with Gasteiger partial charge in [-0.25, -0.2) is 0 Å². The summed E-state index contributed by atoms with van der Waals surface area (Å²) in [5.74, 6) is -0.155. The Morgan fingerprint density at radius 3 is 2.58 bits per heavy atom. The summed E-state index contributed by atoms with van der Waals surface area (Å²) in [4.78, 5) is 16.8. The van der Waals surface area contributed by atoms with Gasteiger partial charge in [0.1, 0.15) is 0 Å². The second kappa shape index (κ2) is 14.9. The van der Waals surface area contributed by atoms with Crippen LogP contribution in [-0.4, -0.2) is 38.3 Å². The third-order valence-corrected chi connectivity index (χ3v) is 3.31. The van der Waals surface area contributed by atoms with Crippen LogP contribution in [0.5, 0.6) is 0 Å². The van der Waals surface area contributed by atoms with Gasteiger partial charge in [0.15, 0.2) is 0 Å². The van der Waals surface area contributed by atoms with Crippen LogP contribution in [0.2, 0.25) is 0 Å². The Kier molecular flexibility index (Phi) is 13.5. The normalized spacial score (nSPS) is 13.8. The molecule has 0 radical (unpaired) electrons. The van der Waals surface area contributed by atoms with Crippen molar-refractivity contribution >= 4 is 12.0 Å². The molecule has 0 aromatic heterocycles. The molecule has 0 unspecified atom stereocenters. The SMILES string of the molecule is C=C/C=C(\C=C/C/C=N/C[C@@H](C)CF)C(=O)/C(=C\C)NCCNC(=C)C. The zero-order chi connectivity index (χ0) is 19.8. The number of nitrogens with one attached hydrogen (secondary N) is 2. The molecule has 0 spiro atoms. The third kappa shape index (κ3) is 11.2. The molecule has 26 heavy (non-hydrogen) atoms. The van der Waals surface area contributed by atoms with Gasteiger partial charge in [0.25, 0.3) is 0 Å². The summed E-state index contributed by atoms with van der Waals surface area (Å²) in [6.45, 7) is 14.4. The molecule has 0 amide bonds. The molecule has 2 N–H and O–H groups in total. The van der Waals surface area contributed by atoms with E-state index in [9.17, 15) is 9.18 Å². The van der Waals surface area contributed by atoms with Crippen LogP contribution in [0.4, 0.5) is 4.39 Å². The van der Waals surface area contributed by atoms with Crippen molar-refractivity contribution in [3.05, 3.63) is 60.5 Å². The van der Waals surface area contributed by atoms with Crippen molar-refractivity contribution in [3.8, 4) is 0 Å². The van der Waals surface area contributed by atoms with E-state index in [1.165, 1.54) is 0 Å². The molecular weight excluding hydrogens is 329 g/mol. The highest BCUT2D eigenvalue weighted by Crippen LogP contribution is 2.07. The number of rotatable bonds is 14. The highest BCUT2D eigenvalue weighted by Gasteiger charge is 2.11. The van der Waals surface area contributed by atoms with Crippen molar-refractivity contribution in [3.63, 3.8) is 0 Å². The predicted molar refractivity (Wildman–Crippen MR) is 110 cm³/mol. The summed E-state index contributed by atoms with van der Waals surface area (Å²) in [7, 11) is 0. The number of halogens is 1. The third-order valence-electron chi connectivity index (χ3n) is 3.31. The summed E-state index contributed by atoms with van der Waals surface area (Å²) in [6, 6.07) is 0. The van der Waals surface area contributed by atoms with Gasteiger partial charge in [0, 0.05) is 49.5 Å². The zero-order valence-electron chi connectivity index (χ0n) is 16.2. The second-order valence-corrected chi connectivity index (χ2v) is 5.97. The van der Waals surface area contributed by atoms with Crippen molar-refractivity contribution in [2.45, 2.75) is 27.2 Å². The minimum atomic E-state index is -0.366. The standard InChI is InChI=1S/C21H32FN3O/c1-6-10-19(11-8-9-12-23-16-18(5)15-22)21(26)20(7-2)25-14-13-24-17(3)4/h6-8,10-12,18,24-25H,1,3,9,13-16H2,2,4-5H3/b11-8-,19-10+,20-7+,23-12+/t18-/m0/s1. The number of ketones is 1. The molecule has 0 saturated carbocycles. The van der Waals surface area contributed by atoms with Gasteiger partial charge in [-0.05, 0) is 13.8 Å². The molecule has 0 aromatic carbocycles. The zero-order valence-corrected chi connectivity index (χ0v) is 16.2. The van der Waals surface area contributed by atoms with Gasteiger partial charge in [-0.1, -0.05) is 50.5 Å². The van der Waals surface area contributed by atoms with Crippen LogP contribution in [0.1, 0.15) is 27.2 Å².